The summed E-state index contributed by atoms with van der Waals surface area (Å²) >= 11 is 0. The summed E-state index contributed by atoms with van der Waals surface area (Å²) in [4.78, 5) is 4.95. The van der Waals surface area contributed by atoms with Crippen molar-refractivity contribution in [1.29, 1.82) is 0 Å². The number of imidazole rings is 1. The summed E-state index contributed by atoms with van der Waals surface area (Å²) in [6, 6.07) is 7.78. The standard InChI is InChI=1S/C20H34N2OSi/c1-8-19-21-20-17(16(4)15(2)3)10-9-11-18(20)22(19)14-23-12-13-24(5,6)7/h9-11,15-16H,8,12-14H2,1-7H3. The number of fused-ring (bicyclic) bond motifs is 1. The zero-order valence-corrected chi connectivity index (χ0v) is 17.5. The number of benzene rings is 1. The summed E-state index contributed by atoms with van der Waals surface area (Å²) in [5.41, 5.74) is 3.73. The SMILES string of the molecule is CCc1nc2c(C(C)C(C)C)cccc2n1COCC[Si](C)(C)C. The van der Waals surface area contributed by atoms with Gasteiger partial charge in [-0.3, -0.25) is 0 Å². The number of ether oxygens (including phenoxy) is 1. The second kappa shape index (κ2) is 7.83. The summed E-state index contributed by atoms with van der Waals surface area (Å²) < 4.78 is 8.27. The van der Waals surface area contributed by atoms with Crippen LogP contribution in [0.2, 0.25) is 25.7 Å². The van der Waals surface area contributed by atoms with Crippen molar-refractivity contribution in [2.75, 3.05) is 6.61 Å². The first-order valence-corrected chi connectivity index (χ1v) is 13.0. The van der Waals surface area contributed by atoms with Crippen LogP contribution in [-0.2, 0) is 17.9 Å². The maximum absolute atomic E-state index is 6.01. The number of hydrogen-bond donors (Lipinski definition) is 0. The second-order valence-electron chi connectivity index (χ2n) is 8.41. The molecular formula is C20H34N2OSi. The van der Waals surface area contributed by atoms with E-state index >= 15 is 0 Å². The van der Waals surface area contributed by atoms with Crippen LogP contribution in [0.15, 0.2) is 18.2 Å². The van der Waals surface area contributed by atoms with Gasteiger partial charge in [0.2, 0.25) is 0 Å². The van der Waals surface area contributed by atoms with E-state index in [1.54, 1.807) is 0 Å². The molecule has 24 heavy (non-hydrogen) atoms. The van der Waals surface area contributed by atoms with Crippen molar-refractivity contribution in [3.63, 3.8) is 0 Å². The van der Waals surface area contributed by atoms with Gasteiger partial charge in [0, 0.05) is 21.1 Å². The van der Waals surface area contributed by atoms with Gasteiger partial charge < -0.3 is 9.30 Å². The van der Waals surface area contributed by atoms with Gasteiger partial charge in [-0.25, -0.2) is 4.98 Å². The smallest absolute Gasteiger partial charge is 0.124 e. The first-order valence-electron chi connectivity index (χ1n) is 9.30. The van der Waals surface area contributed by atoms with Gasteiger partial charge in [0.15, 0.2) is 0 Å². The maximum Gasteiger partial charge on any atom is 0.124 e. The third-order valence-corrected chi connectivity index (χ3v) is 6.62. The molecule has 134 valence electrons. The normalized spacial score (nSPS) is 13.8. The molecule has 0 fully saturated rings. The number of nitrogens with zero attached hydrogens (tertiary/aromatic N) is 2. The summed E-state index contributed by atoms with van der Waals surface area (Å²) in [5.74, 6) is 2.25. The Hall–Kier alpha value is -1.13. The Bertz CT molecular complexity index is 670. The molecule has 0 aliphatic rings. The predicted molar refractivity (Wildman–Crippen MR) is 106 cm³/mol. The van der Waals surface area contributed by atoms with Crippen molar-refractivity contribution in [2.24, 2.45) is 5.92 Å². The molecular weight excluding hydrogens is 312 g/mol. The lowest BCUT2D eigenvalue weighted by Gasteiger charge is -2.17. The molecule has 0 spiro atoms. The van der Waals surface area contributed by atoms with E-state index in [4.69, 9.17) is 9.72 Å². The molecule has 4 heteroatoms. The monoisotopic (exact) mass is 346 g/mol. The van der Waals surface area contributed by atoms with Gasteiger partial charge in [-0.1, -0.05) is 59.5 Å². The lowest BCUT2D eigenvalue weighted by Crippen LogP contribution is -2.22. The van der Waals surface area contributed by atoms with Crippen molar-refractivity contribution < 1.29 is 4.74 Å². The molecule has 1 atom stereocenters. The maximum atomic E-state index is 6.01. The highest BCUT2D eigenvalue weighted by molar-refractivity contribution is 6.76. The predicted octanol–water partition coefficient (Wildman–Crippen LogP) is 5.67. The molecule has 0 aliphatic carbocycles. The molecule has 0 saturated carbocycles. The molecule has 2 aromatic rings. The van der Waals surface area contributed by atoms with Gasteiger partial charge in [0.25, 0.3) is 0 Å². The van der Waals surface area contributed by atoms with Crippen LogP contribution in [0.3, 0.4) is 0 Å². The van der Waals surface area contributed by atoms with Crippen molar-refractivity contribution in [2.45, 2.75) is 72.4 Å². The molecule has 1 aromatic heterocycles. The molecule has 0 N–H and O–H groups in total. The summed E-state index contributed by atoms with van der Waals surface area (Å²) in [7, 11) is -1.04. The summed E-state index contributed by atoms with van der Waals surface area (Å²) in [6.45, 7) is 17.7. The lowest BCUT2D eigenvalue weighted by atomic mass is 9.89. The Morgan fingerprint density at radius 1 is 1.17 bits per heavy atom. The van der Waals surface area contributed by atoms with Crippen LogP contribution in [0, 0.1) is 5.92 Å². The van der Waals surface area contributed by atoms with E-state index in [2.05, 4.69) is 70.1 Å². The van der Waals surface area contributed by atoms with Crippen molar-refractivity contribution >= 4 is 19.1 Å². The van der Waals surface area contributed by atoms with Crippen LogP contribution in [0.1, 0.15) is 45.0 Å². The van der Waals surface area contributed by atoms with Crippen LogP contribution >= 0.6 is 0 Å². The number of rotatable bonds is 8. The molecule has 0 saturated heterocycles. The molecule has 0 radical (unpaired) electrons. The van der Waals surface area contributed by atoms with E-state index in [0.717, 1.165) is 24.4 Å². The number of aryl methyl sites for hydroxylation is 1. The number of para-hydroxylation sites is 1. The van der Waals surface area contributed by atoms with Crippen LogP contribution in [-0.4, -0.2) is 24.2 Å². The van der Waals surface area contributed by atoms with Gasteiger partial charge in [-0.2, -0.15) is 0 Å². The number of aromatic nitrogens is 2. The highest BCUT2D eigenvalue weighted by atomic mass is 28.3. The van der Waals surface area contributed by atoms with E-state index < -0.39 is 8.07 Å². The van der Waals surface area contributed by atoms with Crippen LogP contribution in [0.25, 0.3) is 11.0 Å². The molecule has 0 amide bonds. The molecule has 0 aliphatic heterocycles. The molecule has 0 bridgehead atoms. The van der Waals surface area contributed by atoms with E-state index in [0.29, 0.717) is 18.6 Å². The van der Waals surface area contributed by atoms with Crippen LogP contribution < -0.4 is 0 Å². The summed E-state index contributed by atoms with van der Waals surface area (Å²) in [5, 5.41) is 0. The zero-order chi connectivity index (χ0) is 17.9. The number of hydrogen-bond acceptors (Lipinski definition) is 2. The second-order valence-corrected chi connectivity index (χ2v) is 14.0. The van der Waals surface area contributed by atoms with Crippen LogP contribution in [0.4, 0.5) is 0 Å². The third kappa shape index (κ3) is 4.48. The highest BCUT2D eigenvalue weighted by Crippen LogP contribution is 2.30. The van der Waals surface area contributed by atoms with Crippen molar-refractivity contribution in [3.05, 3.63) is 29.6 Å². The van der Waals surface area contributed by atoms with E-state index in [-0.39, 0.29) is 0 Å². The minimum Gasteiger partial charge on any atom is -0.361 e. The minimum atomic E-state index is -1.04. The Kier molecular flexibility index (Phi) is 6.26. The average molecular weight is 347 g/mol. The van der Waals surface area contributed by atoms with E-state index in [9.17, 15) is 0 Å². The molecule has 3 nitrogen and oxygen atoms in total. The van der Waals surface area contributed by atoms with Crippen LogP contribution in [0.5, 0.6) is 0 Å². The van der Waals surface area contributed by atoms with Gasteiger partial charge in [-0.15, -0.1) is 0 Å². The van der Waals surface area contributed by atoms with E-state index in [1.807, 2.05) is 0 Å². The van der Waals surface area contributed by atoms with Gasteiger partial charge in [0.05, 0.1) is 11.0 Å². The zero-order valence-electron chi connectivity index (χ0n) is 16.5. The fraction of sp³-hybridized carbons (Fsp3) is 0.650. The Labute approximate surface area is 148 Å². The Morgan fingerprint density at radius 3 is 2.46 bits per heavy atom. The topological polar surface area (TPSA) is 27.1 Å². The molecule has 1 heterocycles. The fourth-order valence-electron chi connectivity index (χ4n) is 2.89. The first kappa shape index (κ1) is 19.2. The lowest BCUT2D eigenvalue weighted by molar-refractivity contribution is 0.0880. The van der Waals surface area contributed by atoms with Crippen molar-refractivity contribution in [1.82, 2.24) is 9.55 Å². The van der Waals surface area contributed by atoms with Gasteiger partial charge >= 0.3 is 0 Å². The van der Waals surface area contributed by atoms with Crippen molar-refractivity contribution in [3.8, 4) is 0 Å². The Balaban J connectivity index is 2.28. The molecule has 2 rings (SSSR count). The Morgan fingerprint density at radius 2 is 1.88 bits per heavy atom. The van der Waals surface area contributed by atoms with Gasteiger partial charge in [0.1, 0.15) is 12.6 Å². The van der Waals surface area contributed by atoms with Gasteiger partial charge in [-0.05, 0) is 29.5 Å². The third-order valence-electron chi connectivity index (χ3n) is 4.91. The quantitative estimate of drug-likeness (QED) is 0.455. The average Bonchev–Trinajstić information content (AvgIpc) is 2.87. The minimum absolute atomic E-state index is 0.509. The highest BCUT2D eigenvalue weighted by Gasteiger charge is 2.18. The molecule has 1 aromatic carbocycles. The summed E-state index contributed by atoms with van der Waals surface area (Å²) in [6.07, 6.45) is 0.932. The largest absolute Gasteiger partial charge is 0.361 e. The first-order chi connectivity index (χ1) is 11.2. The van der Waals surface area contributed by atoms with E-state index in [1.165, 1.54) is 17.1 Å². The molecule has 1 unspecified atom stereocenters. The fourth-order valence-corrected chi connectivity index (χ4v) is 3.65.